The second-order valence-electron chi connectivity index (χ2n) is 9.75. The summed E-state index contributed by atoms with van der Waals surface area (Å²) in [5.74, 6) is 1.26. The Morgan fingerprint density at radius 2 is 2.00 bits per heavy atom. The van der Waals surface area contributed by atoms with Gasteiger partial charge in [0.1, 0.15) is 6.33 Å². The smallest absolute Gasteiger partial charge is 0.328 e. The SMILES string of the molecule is Cc1cc(-c2cnc3[nH]c(=O)n(CCC4CCOCC4)c3n2)ccc1-c1ncn(C2CCCCO2)n1. The Morgan fingerprint density at radius 3 is 2.81 bits per heavy atom. The van der Waals surface area contributed by atoms with Gasteiger partial charge in [-0.15, -0.1) is 5.10 Å². The van der Waals surface area contributed by atoms with Crippen LogP contribution in [-0.4, -0.2) is 54.1 Å². The van der Waals surface area contributed by atoms with Gasteiger partial charge in [0, 0.05) is 37.5 Å². The van der Waals surface area contributed by atoms with Crippen molar-refractivity contribution in [1.82, 2.24) is 34.3 Å². The van der Waals surface area contributed by atoms with Gasteiger partial charge in [-0.25, -0.2) is 24.4 Å². The summed E-state index contributed by atoms with van der Waals surface area (Å²) >= 11 is 0. The number of aromatic nitrogens is 7. The number of benzene rings is 1. The fourth-order valence-electron chi connectivity index (χ4n) is 5.16. The molecule has 0 amide bonds. The van der Waals surface area contributed by atoms with Gasteiger partial charge in [0.05, 0.1) is 11.9 Å². The summed E-state index contributed by atoms with van der Waals surface area (Å²) in [5, 5.41) is 4.68. The van der Waals surface area contributed by atoms with E-state index in [0.717, 1.165) is 80.7 Å². The number of nitrogens with one attached hydrogen (secondary N) is 1. The van der Waals surface area contributed by atoms with Crippen LogP contribution < -0.4 is 5.69 Å². The predicted molar refractivity (Wildman–Crippen MR) is 134 cm³/mol. The van der Waals surface area contributed by atoms with Crippen molar-refractivity contribution in [3.8, 4) is 22.6 Å². The molecule has 2 fully saturated rings. The van der Waals surface area contributed by atoms with Gasteiger partial charge in [-0.2, -0.15) is 0 Å². The van der Waals surface area contributed by atoms with Gasteiger partial charge in [-0.3, -0.25) is 9.55 Å². The van der Waals surface area contributed by atoms with E-state index >= 15 is 0 Å². The number of ether oxygens (including phenoxy) is 2. The highest BCUT2D eigenvalue weighted by Gasteiger charge is 2.19. The molecule has 3 aromatic heterocycles. The van der Waals surface area contributed by atoms with Gasteiger partial charge >= 0.3 is 5.69 Å². The third-order valence-electron chi connectivity index (χ3n) is 7.30. The number of aryl methyl sites for hydroxylation is 2. The second-order valence-corrected chi connectivity index (χ2v) is 9.75. The van der Waals surface area contributed by atoms with E-state index in [1.54, 1.807) is 17.1 Å². The van der Waals surface area contributed by atoms with Crippen LogP contribution in [0.3, 0.4) is 0 Å². The standard InChI is InChI=1S/C26H31N7O3/c1-17-14-19(5-6-20(17)23-28-16-33(31-23)22-4-2-3-11-36-22)21-15-27-24-25(29-21)32(26(34)30-24)10-7-18-8-12-35-13-9-18/h5-6,14-16,18,22H,2-4,7-13H2,1H3,(H,27,30,34). The third-order valence-corrected chi connectivity index (χ3v) is 7.30. The summed E-state index contributed by atoms with van der Waals surface area (Å²) in [4.78, 5) is 29.3. The molecule has 1 unspecified atom stereocenters. The van der Waals surface area contributed by atoms with Crippen molar-refractivity contribution in [3.63, 3.8) is 0 Å². The molecule has 0 bridgehead atoms. The fourth-order valence-corrected chi connectivity index (χ4v) is 5.16. The molecule has 2 aliphatic heterocycles. The fraction of sp³-hybridized carbons (Fsp3) is 0.500. The van der Waals surface area contributed by atoms with Crippen molar-refractivity contribution in [1.29, 1.82) is 0 Å². The molecule has 10 nitrogen and oxygen atoms in total. The van der Waals surface area contributed by atoms with Crippen LogP contribution in [0.2, 0.25) is 0 Å². The highest BCUT2D eigenvalue weighted by molar-refractivity contribution is 5.73. The van der Waals surface area contributed by atoms with Crippen molar-refractivity contribution in [2.24, 2.45) is 5.92 Å². The molecule has 0 spiro atoms. The summed E-state index contributed by atoms with van der Waals surface area (Å²) in [6, 6.07) is 6.10. The molecule has 6 rings (SSSR count). The lowest BCUT2D eigenvalue weighted by Gasteiger charge is -2.22. The first-order chi connectivity index (χ1) is 17.7. The molecule has 0 radical (unpaired) electrons. The Morgan fingerprint density at radius 1 is 1.11 bits per heavy atom. The number of hydrogen-bond donors (Lipinski definition) is 1. The van der Waals surface area contributed by atoms with E-state index in [1.807, 2.05) is 23.7 Å². The third kappa shape index (κ3) is 4.58. The highest BCUT2D eigenvalue weighted by atomic mass is 16.5. The van der Waals surface area contributed by atoms with Crippen molar-refractivity contribution >= 4 is 11.3 Å². The zero-order chi connectivity index (χ0) is 24.5. The maximum Gasteiger partial charge on any atom is 0.328 e. The number of hydrogen-bond acceptors (Lipinski definition) is 7. The number of aromatic amines is 1. The minimum Gasteiger partial charge on any atom is -0.381 e. The average molecular weight is 490 g/mol. The molecule has 2 saturated heterocycles. The minimum absolute atomic E-state index is 0.0352. The Balaban J connectivity index is 1.25. The number of H-pyrrole nitrogens is 1. The van der Waals surface area contributed by atoms with Crippen molar-refractivity contribution in [2.45, 2.75) is 58.2 Å². The quantitative estimate of drug-likeness (QED) is 0.437. The summed E-state index contributed by atoms with van der Waals surface area (Å²) in [6.07, 6.45) is 9.65. The molecule has 0 saturated carbocycles. The van der Waals surface area contributed by atoms with Gasteiger partial charge in [0.25, 0.3) is 0 Å². The highest BCUT2D eigenvalue weighted by Crippen LogP contribution is 2.28. The summed E-state index contributed by atoms with van der Waals surface area (Å²) < 4.78 is 14.8. The van der Waals surface area contributed by atoms with Crippen molar-refractivity contribution in [3.05, 3.63) is 46.8 Å². The van der Waals surface area contributed by atoms with Gasteiger partial charge in [-0.1, -0.05) is 12.1 Å². The lowest BCUT2D eigenvalue weighted by atomic mass is 9.97. The lowest BCUT2D eigenvalue weighted by Crippen LogP contribution is -2.22. The molecule has 0 aliphatic carbocycles. The number of imidazole rings is 1. The normalized spacial score (nSPS) is 19.2. The molecule has 1 N–H and O–H groups in total. The molecule has 188 valence electrons. The van der Waals surface area contributed by atoms with E-state index in [9.17, 15) is 4.79 Å². The van der Waals surface area contributed by atoms with E-state index in [2.05, 4.69) is 26.1 Å². The molecule has 5 heterocycles. The summed E-state index contributed by atoms with van der Waals surface area (Å²) in [7, 11) is 0. The van der Waals surface area contributed by atoms with Crippen LogP contribution in [0.15, 0.2) is 35.5 Å². The van der Waals surface area contributed by atoms with E-state index in [4.69, 9.17) is 14.5 Å². The molecular formula is C26H31N7O3. The Hall–Kier alpha value is -3.37. The van der Waals surface area contributed by atoms with Gasteiger partial charge in [-0.05, 0) is 63.0 Å². The monoisotopic (exact) mass is 489 g/mol. The van der Waals surface area contributed by atoms with Crippen molar-refractivity contribution in [2.75, 3.05) is 19.8 Å². The van der Waals surface area contributed by atoms with E-state index in [-0.39, 0.29) is 11.9 Å². The maximum atomic E-state index is 12.6. The van der Waals surface area contributed by atoms with E-state index in [1.165, 1.54) is 0 Å². The summed E-state index contributed by atoms with van der Waals surface area (Å²) in [5.41, 5.74) is 4.63. The number of nitrogens with zero attached hydrogens (tertiary/aromatic N) is 6. The van der Waals surface area contributed by atoms with E-state index in [0.29, 0.717) is 29.6 Å². The second kappa shape index (κ2) is 9.94. The molecule has 36 heavy (non-hydrogen) atoms. The Labute approximate surface area is 208 Å². The van der Waals surface area contributed by atoms with Crippen molar-refractivity contribution < 1.29 is 9.47 Å². The molecule has 10 heteroatoms. The average Bonchev–Trinajstić information content (AvgIpc) is 3.52. The Kier molecular flexibility index (Phi) is 6.37. The van der Waals surface area contributed by atoms with Crippen LogP contribution in [0.5, 0.6) is 0 Å². The molecular weight excluding hydrogens is 458 g/mol. The lowest BCUT2D eigenvalue weighted by molar-refractivity contribution is -0.0395. The predicted octanol–water partition coefficient (Wildman–Crippen LogP) is 3.87. The van der Waals surface area contributed by atoms with Crippen LogP contribution in [-0.2, 0) is 16.0 Å². The first-order valence-corrected chi connectivity index (χ1v) is 12.8. The zero-order valence-electron chi connectivity index (χ0n) is 20.5. The summed E-state index contributed by atoms with van der Waals surface area (Å²) in [6.45, 7) is 5.04. The number of rotatable bonds is 6. The topological polar surface area (TPSA) is 113 Å². The zero-order valence-corrected chi connectivity index (χ0v) is 20.5. The molecule has 2 aliphatic rings. The molecule has 4 aromatic rings. The van der Waals surface area contributed by atoms with Gasteiger partial charge < -0.3 is 9.47 Å². The molecule has 1 aromatic carbocycles. The minimum atomic E-state index is -0.163. The van der Waals surface area contributed by atoms with Crippen LogP contribution in [0.1, 0.15) is 50.3 Å². The number of fused-ring (bicyclic) bond motifs is 1. The van der Waals surface area contributed by atoms with Gasteiger partial charge in [0.2, 0.25) is 0 Å². The largest absolute Gasteiger partial charge is 0.381 e. The van der Waals surface area contributed by atoms with Crippen LogP contribution in [0, 0.1) is 12.8 Å². The molecule has 1 atom stereocenters. The first kappa shape index (κ1) is 23.1. The Bertz CT molecular complexity index is 1410. The van der Waals surface area contributed by atoms with E-state index < -0.39 is 0 Å². The maximum absolute atomic E-state index is 12.6. The van der Waals surface area contributed by atoms with Crippen LogP contribution in [0.25, 0.3) is 33.9 Å². The van der Waals surface area contributed by atoms with Gasteiger partial charge in [0.15, 0.2) is 23.3 Å². The van der Waals surface area contributed by atoms with Crippen LogP contribution in [0.4, 0.5) is 0 Å². The van der Waals surface area contributed by atoms with Crippen LogP contribution >= 0.6 is 0 Å². The first-order valence-electron chi connectivity index (χ1n) is 12.8.